The van der Waals surface area contributed by atoms with Crippen LogP contribution in [0.1, 0.15) is 0 Å². The van der Waals surface area contributed by atoms with Crippen molar-refractivity contribution in [3.05, 3.63) is 146 Å². The lowest BCUT2D eigenvalue weighted by atomic mass is 10.0. The van der Waals surface area contributed by atoms with E-state index in [1.165, 1.54) is 0 Å². The van der Waals surface area contributed by atoms with Gasteiger partial charge in [0, 0.05) is 47.2 Å². The summed E-state index contributed by atoms with van der Waals surface area (Å²) in [5, 5.41) is 0. The van der Waals surface area contributed by atoms with Crippen LogP contribution < -0.4 is 27.5 Å². The molecule has 0 saturated carbocycles. The molecule has 0 saturated heterocycles. The van der Waals surface area contributed by atoms with Gasteiger partial charge in [0.05, 0.1) is 0 Å². The van der Waals surface area contributed by atoms with Crippen LogP contribution in [-0.2, 0) is 24.7 Å². The van der Waals surface area contributed by atoms with Crippen LogP contribution in [0.4, 0.5) is 34.1 Å². The maximum Gasteiger partial charge on any atom is 0.541 e. The van der Waals surface area contributed by atoms with Gasteiger partial charge in [-0.1, -0.05) is 24.3 Å². The molecule has 12 nitrogen and oxygen atoms in total. The summed E-state index contributed by atoms with van der Waals surface area (Å²) in [6, 6.07) is 50.6. The Labute approximate surface area is 504 Å². The van der Waals surface area contributed by atoms with E-state index in [1.807, 2.05) is 61.6 Å². The number of benzene rings is 6. The smallest absolute Gasteiger partial charge is 0.521 e. The van der Waals surface area contributed by atoms with Crippen LogP contribution >= 0.6 is 0 Å². The van der Waals surface area contributed by atoms with Crippen LogP contribution in [0.5, 0.6) is 23.0 Å². The van der Waals surface area contributed by atoms with Gasteiger partial charge in [0.1, 0.15) is 23.0 Å². The van der Waals surface area contributed by atoms with E-state index in [0.29, 0.717) is 0 Å². The maximum absolute atomic E-state index is 6.72. The van der Waals surface area contributed by atoms with Gasteiger partial charge in [0.2, 0.25) is 0 Å². The van der Waals surface area contributed by atoms with Gasteiger partial charge in [0.15, 0.2) is 49.9 Å². The molecule has 0 aliphatic carbocycles. The molecule has 0 spiro atoms. The first kappa shape index (κ1) is 67.2. The summed E-state index contributed by atoms with van der Waals surface area (Å²) in [4.78, 5) is 4.51. The Hall–Kier alpha value is -3.95. The lowest BCUT2D eigenvalue weighted by molar-refractivity contribution is 0.264. The molecule has 0 radical (unpaired) electrons. The van der Waals surface area contributed by atoms with Crippen LogP contribution in [-0.4, -0.2) is 84.6 Å². The summed E-state index contributed by atoms with van der Waals surface area (Å²) < 4.78 is 66.4. The quantitative estimate of drug-likeness (QED) is 0.0459. The van der Waals surface area contributed by atoms with Crippen molar-refractivity contribution in [2.24, 2.45) is 0 Å². The summed E-state index contributed by atoms with van der Waals surface area (Å²) in [5.74, 6) is 3.02. The molecule has 6 rings (SSSR count). The Morgan fingerprint density at radius 1 is 0.207 bits per heavy atom. The topological polar surface area (TPSA) is 98.8 Å². The van der Waals surface area contributed by atoms with Crippen molar-refractivity contribution in [3.63, 3.8) is 0 Å². The van der Waals surface area contributed by atoms with Crippen LogP contribution in [0.25, 0.3) is 11.1 Å². The fraction of sp³-hybridized carbons (Fsp3) is 0.400. The highest BCUT2D eigenvalue weighted by molar-refractivity contribution is 6.86. The molecule has 0 aliphatic rings. The van der Waals surface area contributed by atoms with Crippen LogP contribution in [0.2, 0.25) is 157 Å². The summed E-state index contributed by atoms with van der Waals surface area (Å²) in [7, 11) is -22.5. The van der Waals surface area contributed by atoms with E-state index < -0.39 is 84.6 Å². The molecule has 6 aromatic rings. The minimum Gasteiger partial charge on any atom is -0.521 e. The Balaban J connectivity index is 1.35. The number of hydrogen-bond acceptors (Lipinski definition) is 12. The zero-order valence-corrected chi connectivity index (χ0v) is 63.8. The Kier molecular flexibility index (Phi) is 20.9. The molecular formula is C60H96N2O10Si10. The van der Waals surface area contributed by atoms with Crippen LogP contribution in [0.3, 0.4) is 0 Å². The van der Waals surface area contributed by atoms with Gasteiger partial charge < -0.3 is 52.2 Å². The molecule has 6 aromatic carbocycles. The van der Waals surface area contributed by atoms with Gasteiger partial charge in [-0.3, -0.25) is 0 Å². The van der Waals surface area contributed by atoms with Crippen molar-refractivity contribution >= 4 is 119 Å². The highest BCUT2D eigenvalue weighted by Gasteiger charge is 2.46. The molecule has 0 unspecified atom stereocenters. The number of rotatable bonds is 27. The second-order valence-corrected chi connectivity index (χ2v) is 68.1. The van der Waals surface area contributed by atoms with Gasteiger partial charge in [-0.25, -0.2) is 0 Å². The Bertz CT molecular complexity index is 2770. The third-order valence-electron chi connectivity index (χ3n) is 11.4. The molecule has 0 heterocycles. The summed E-state index contributed by atoms with van der Waals surface area (Å²) in [6.45, 7) is 51.9. The van der Waals surface area contributed by atoms with Crippen LogP contribution in [0, 0.1) is 0 Å². The fourth-order valence-corrected chi connectivity index (χ4v) is 44.2. The fourth-order valence-electron chi connectivity index (χ4n) is 10.0. The predicted octanol–water partition coefficient (Wildman–Crippen LogP) is 19.5. The number of hydrogen-bond donors (Lipinski definition) is 0. The summed E-state index contributed by atoms with van der Waals surface area (Å²) in [5.41, 5.74) is 8.06. The lowest BCUT2D eigenvalue weighted by Gasteiger charge is -2.37. The van der Waals surface area contributed by atoms with Crippen molar-refractivity contribution in [2.75, 3.05) is 9.80 Å². The van der Waals surface area contributed by atoms with Gasteiger partial charge in [0.25, 0.3) is 0 Å². The zero-order valence-electron chi connectivity index (χ0n) is 53.8. The van der Waals surface area contributed by atoms with E-state index >= 15 is 0 Å². The van der Waals surface area contributed by atoms with Gasteiger partial charge in [-0.05, 0) is 276 Å². The second-order valence-electron chi connectivity index (χ2n) is 28.0. The minimum atomic E-state index is -3.02. The number of nitrogens with zero attached hydrogens (tertiary/aromatic N) is 2. The summed E-state index contributed by atoms with van der Waals surface area (Å²) >= 11 is 0. The Morgan fingerprint density at radius 2 is 0.378 bits per heavy atom. The normalized spacial score (nSPS) is 13.4. The van der Waals surface area contributed by atoms with Gasteiger partial charge >= 0.3 is 34.7 Å². The SMILES string of the molecule is C[Si](C)(C)O[Si](C)(C)Oc1ccc(N(c2ccc(O[Si](C)(O[Si](C)(C)C)O[Si](C)(C)C)cc2)c2ccc(-c3ccc(N(c4ccc(O[Si](C)(C)O[Si](C)(C)C)cc4)c4ccc(O[Si](C)(O[Si](C)(C)C)O[Si](C)(C)C)cc4)cc3)cc2)cc1. The average molecular weight is 1290 g/mol. The van der Waals surface area contributed by atoms with Crippen molar-refractivity contribution in [3.8, 4) is 34.1 Å². The molecule has 0 N–H and O–H groups in total. The lowest BCUT2D eigenvalue weighted by Crippen LogP contribution is -2.56. The third-order valence-corrected chi connectivity index (χ3v) is 38.6. The molecule has 0 amide bonds. The summed E-state index contributed by atoms with van der Waals surface area (Å²) in [6.07, 6.45) is 0. The molecule has 0 aromatic heterocycles. The first-order chi connectivity index (χ1) is 37.4. The van der Waals surface area contributed by atoms with E-state index in [0.717, 1.165) is 68.2 Å². The van der Waals surface area contributed by atoms with E-state index in [2.05, 4.69) is 251 Å². The third kappa shape index (κ3) is 21.8. The van der Waals surface area contributed by atoms with E-state index in [1.54, 1.807) is 0 Å². The molecule has 0 aliphatic heterocycles. The molecule has 0 bridgehead atoms. The van der Waals surface area contributed by atoms with Crippen molar-refractivity contribution in [1.29, 1.82) is 0 Å². The van der Waals surface area contributed by atoms with E-state index in [9.17, 15) is 0 Å². The first-order valence-electron chi connectivity index (χ1n) is 28.6. The standard InChI is InChI=1S/C60H96N2O10Si10/c1-73(2,3)67-79(19,20)63-57-41-33-53(34-42-57)61(55-37-45-59(46-38-55)65-81(23,69-75(7,8)9)70-76(10,11)12)51-29-25-49(26-30-51)50-27-31-52(32-28-50)62(54-35-43-58(44-36-54)64-80(21,22)68-74(4,5)6)56-39-47-60(48-40-56)66-82(24,71-77(13,14)15)72-78(16,17)18/h25-48H,1-24H3. The van der Waals surface area contributed by atoms with Gasteiger partial charge in [-0.15, -0.1) is 0 Å². The minimum absolute atomic E-state index is 0.718. The monoisotopic (exact) mass is 1280 g/mol. The van der Waals surface area contributed by atoms with E-state index in [4.69, 9.17) is 42.4 Å². The molecular weight excluding hydrogens is 1190 g/mol. The molecule has 0 fully saturated rings. The highest BCUT2D eigenvalue weighted by Crippen LogP contribution is 2.41. The van der Waals surface area contributed by atoms with Crippen molar-refractivity contribution < 1.29 is 42.4 Å². The first-order valence-corrected chi connectivity index (χ1v) is 59.1. The average Bonchev–Trinajstić information content (AvgIpc) is 3.35. The van der Waals surface area contributed by atoms with Crippen LogP contribution in [0.15, 0.2) is 146 Å². The molecule has 0 atom stereocenters. The number of anilines is 6. The van der Waals surface area contributed by atoms with Crippen molar-refractivity contribution in [2.45, 2.75) is 157 Å². The van der Waals surface area contributed by atoms with Gasteiger partial charge in [-0.2, -0.15) is 0 Å². The molecule has 82 heavy (non-hydrogen) atoms. The molecule has 22 heteroatoms. The largest absolute Gasteiger partial charge is 0.541 e. The van der Waals surface area contributed by atoms with E-state index in [-0.39, 0.29) is 0 Å². The molecule has 446 valence electrons. The zero-order chi connectivity index (χ0) is 61.1. The maximum atomic E-state index is 6.72. The predicted molar refractivity (Wildman–Crippen MR) is 369 cm³/mol. The highest BCUT2D eigenvalue weighted by atomic mass is 28.5. The van der Waals surface area contributed by atoms with Crippen molar-refractivity contribution in [1.82, 2.24) is 0 Å². The second kappa shape index (κ2) is 25.6. The Morgan fingerprint density at radius 3 is 0.561 bits per heavy atom.